The van der Waals surface area contributed by atoms with Gasteiger partial charge in [-0.3, -0.25) is 9.59 Å². The molecule has 0 saturated carbocycles. The van der Waals surface area contributed by atoms with Gasteiger partial charge in [0, 0.05) is 26.2 Å². The molecule has 2 rings (SSSR count). The summed E-state index contributed by atoms with van der Waals surface area (Å²) < 4.78 is 5.69. The van der Waals surface area contributed by atoms with Gasteiger partial charge in [-0.1, -0.05) is 0 Å². The lowest BCUT2D eigenvalue weighted by Crippen LogP contribution is -2.45. The van der Waals surface area contributed by atoms with Gasteiger partial charge in [0.15, 0.2) is 10.4 Å². The molecule has 118 valence electrons. The Labute approximate surface area is 138 Å². The summed E-state index contributed by atoms with van der Waals surface area (Å²) in [5, 5.41) is 0. The molecule has 1 aromatic rings. The minimum Gasteiger partial charge on any atom is -0.444 e. The standard InChI is InChI=1S/C13H18BrN3O3.ClH/c1-16(13(19)10-4-5-11(14)20-10)8-12(18)17-6-2-3-9(17)7-15;/h4-5,9H,2-3,6-8,15H2,1H3;1H. The Kier molecular flexibility index (Phi) is 6.70. The van der Waals surface area contributed by atoms with Crippen molar-refractivity contribution in [3.63, 3.8) is 0 Å². The average molecular weight is 381 g/mol. The third kappa shape index (κ3) is 4.21. The Bertz CT molecular complexity index is 509. The molecule has 0 spiro atoms. The van der Waals surface area contributed by atoms with Crippen LogP contribution in [0.1, 0.15) is 23.4 Å². The highest BCUT2D eigenvalue weighted by Gasteiger charge is 2.29. The molecule has 1 aliphatic rings. The number of rotatable bonds is 4. The van der Waals surface area contributed by atoms with Crippen molar-refractivity contribution >= 4 is 40.2 Å². The predicted molar refractivity (Wildman–Crippen MR) is 84.4 cm³/mol. The zero-order valence-electron chi connectivity index (χ0n) is 11.8. The number of likely N-dealkylation sites (tertiary alicyclic amines) is 1. The number of carbonyl (C=O) groups excluding carboxylic acids is 2. The summed E-state index contributed by atoms with van der Waals surface area (Å²) in [7, 11) is 1.59. The zero-order chi connectivity index (χ0) is 14.7. The van der Waals surface area contributed by atoms with Crippen LogP contribution < -0.4 is 5.73 Å². The van der Waals surface area contributed by atoms with E-state index < -0.39 is 0 Å². The lowest BCUT2D eigenvalue weighted by atomic mass is 10.2. The van der Waals surface area contributed by atoms with E-state index in [1.807, 2.05) is 0 Å². The summed E-state index contributed by atoms with van der Waals surface area (Å²) >= 11 is 3.15. The van der Waals surface area contributed by atoms with Gasteiger partial charge in [-0.2, -0.15) is 0 Å². The Morgan fingerprint density at radius 2 is 2.24 bits per heavy atom. The first-order valence-electron chi connectivity index (χ1n) is 6.53. The molecule has 2 amide bonds. The first kappa shape index (κ1) is 18.0. The molecule has 1 aromatic heterocycles. The van der Waals surface area contributed by atoms with Crippen molar-refractivity contribution in [2.75, 3.05) is 26.7 Å². The van der Waals surface area contributed by atoms with Crippen molar-refractivity contribution in [1.82, 2.24) is 9.80 Å². The van der Waals surface area contributed by atoms with Gasteiger partial charge in [0.1, 0.15) is 0 Å². The minimum absolute atomic E-state index is 0. The highest BCUT2D eigenvalue weighted by molar-refractivity contribution is 9.10. The molecule has 0 aromatic carbocycles. The Morgan fingerprint density at radius 3 is 2.81 bits per heavy atom. The molecular weight excluding hydrogens is 362 g/mol. The molecule has 1 saturated heterocycles. The molecule has 1 aliphatic heterocycles. The molecular formula is C13H19BrClN3O3. The summed E-state index contributed by atoms with van der Waals surface area (Å²) in [6.45, 7) is 1.22. The molecule has 21 heavy (non-hydrogen) atoms. The molecule has 2 heterocycles. The summed E-state index contributed by atoms with van der Waals surface area (Å²) in [4.78, 5) is 27.4. The van der Waals surface area contributed by atoms with Crippen LogP contribution in [0.3, 0.4) is 0 Å². The molecule has 1 fully saturated rings. The molecule has 1 atom stereocenters. The van der Waals surface area contributed by atoms with Crippen LogP contribution in [0.4, 0.5) is 0 Å². The van der Waals surface area contributed by atoms with E-state index in [1.54, 1.807) is 24.1 Å². The van der Waals surface area contributed by atoms with Crippen LogP contribution in [0.25, 0.3) is 0 Å². The quantitative estimate of drug-likeness (QED) is 0.858. The second-order valence-corrected chi connectivity index (χ2v) is 5.67. The number of likely N-dealkylation sites (N-methyl/N-ethyl adjacent to an activating group) is 1. The lowest BCUT2D eigenvalue weighted by molar-refractivity contribution is -0.132. The molecule has 2 N–H and O–H groups in total. The molecule has 0 bridgehead atoms. The Hall–Kier alpha value is -1.05. The van der Waals surface area contributed by atoms with Gasteiger partial charge in [-0.15, -0.1) is 12.4 Å². The van der Waals surface area contributed by atoms with E-state index in [9.17, 15) is 9.59 Å². The van der Waals surface area contributed by atoms with Gasteiger partial charge >= 0.3 is 0 Å². The van der Waals surface area contributed by atoms with E-state index in [2.05, 4.69) is 15.9 Å². The van der Waals surface area contributed by atoms with Gasteiger partial charge in [-0.05, 0) is 40.9 Å². The zero-order valence-corrected chi connectivity index (χ0v) is 14.2. The molecule has 1 unspecified atom stereocenters. The molecule has 6 nitrogen and oxygen atoms in total. The van der Waals surface area contributed by atoms with Crippen LogP contribution in [0.2, 0.25) is 0 Å². The minimum atomic E-state index is -0.312. The first-order valence-corrected chi connectivity index (χ1v) is 7.32. The number of amides is 2. The van der Waals surface area contributed by atoms with Crippen molar-refractivity contribution < 1.29 is 14.0 Å². The highest BCUT2D eigenvalue weighted by Crippen LogP contribution is 2.18. The number of carbonyl (C=O) groups is 2. The lowest BCUT2D eigenvalue weighted by Gasteiger charge is -2.26. The fourth-order valence-electron chi connectivity index (χ4n) is 2.39. The van der Waals surface area contributed by atoms with E-state index in [0.717, 1.165) is 19.4 Å². The number of nitrogens with two attached hydrogens (primary N) is 1. The van der Waals surface area contributed by atoms with E-state index in [0.29, 0.717) is 11.2 Å². The van der Waals surface area contributed by atoms with Crippen molar-refractivity contribution in [3.05, 3.63) is 22.6 Å². The van der Waals surface area contributed by atoms with Crippen molar-refractivity contribution in [1.29, 1.82) is 0 Å². The second kappa shape index (κ2) is 7.82. The van der Waals surface area contributed by atoms with Crippen molar-refractivity contribution in [3.8, 4) is 0 Å². The van der Waals surface area contributed by atoms with Gasteiger partial charge in [0.25, 0.3) is 5.91 Å². The number of nitrogens with zero attached hydrogens (tertiary/aromatic N) is 2. The van der Waals surface area contributed by atoms with Gasteiger partial charge in [-0.25, -0.2) is 0 Å². The number of hydrogen-bond acceptors (Lipinski definition) is 4. The highest BCUT2D eigenvalue weighted by atomic mass is 79.9. The maximum Gasteiger partial charge on any atom is 0.289 e. The Balaban J connectivity index is 0.00000220. The van der Waals surface area contributed by atoms with E-state index in [4.69, 9.17) is 10.2 Å². The van der Waals surface area contributed by atoms with E-state index in [1.165, 1.54) is 4.90 Å². The second-order valence-electron chi connectivity index (χ2n) is 4.88. The number of halogens is 2. The van der Waals surface area contributed by atoms with Crippen LogP contribution in [0, 0.1) is 0 Å². The summed E-state index contributed by atoms with van der Waals surface area (Å²) in [5.74, 6) is -0.170. The number of hydrogen-bond donors (Lipinski definition) is 1. The van der Waals surface area contributed by atoms with Crippen LogP contribution in [-0.4, -0.2) is 54.3 Å². The molecule has 0 aliphatic carbocycles. The third-order valence-electron chi connectivity index (χ3n) is 3.47. The summed E-state index contributed by atoms with van der Waals surface area (Å²) in [5.41, 5.74) is 5.65. The van der Waals surface area contributed by atoms with Crippen LogP contribution >= 0.6 is 28.3 Å². The van der Waals surface area contributed by atoms with E-state index >= 15 is 0 Å². The molecule has 8 heteroatoms. The monoisotopic (exact) mass is 379 g/mol. The van der Waals surface area contributed by atoms with Crippen LogP contribution in [0.15, 0.2) is 21.2 Å². The van der Waals surface area contributed by atoms with Crippen LogP contribution in [0.5, 0.6) is 0 Å². The first-order chi connectivity index (χ1) is 9.52. The fourth-order valence-corrected chi connectivity index (χ4v) is 2.70. The maximum absolute atomic E-state index is 12.2. The normalized spacial score (nSPS) is 17.5. The third-order valence-corrected chi connectivity index (χ3v) is 3.90. The SMILES string of the molecule is CN(CC(=O)N1CCCC1CN)C(=O)c1ccc(Br)o1.Cl. The van der Waals surface area contributed by atoms with Crippen LogP contribution in [-0.2, 0) is 4.79 Å². The average Bonchev–Trinajstić information content (AvgIpc) is 3.05. The summed E-state index contributed by atoms with van der Waals surface area (Å²) in [6, 6.07) is 3.32. The van der Waals surface area contributed by atoms with Gasteiger partial charge < -0.3 is 20.0 Å². The Morgan fingerprint density at radius 1 is 1.52 bits per heavy atom. The van der Waals surface area contributed by atoms with E-state index in [-0.39, 0.29) is 42.6 Å². The topological polar surface area (TPSA) is 79.8 Å². The maximum atomic E-state index is 12.2. The largest absolute Gasteiger partial charge is 0.444 e. The smallest absolute Gasteiger partial charge is 0.289 e. The summed E-state index contributed by atoms with van der Waals surface area (Å²) in [6.07, 6.45) is 1.90. The van der Waals surface area contributed by atoms with Crippen molar-refractivity contribution in [2.45, 2.75) is 18.9 Å². The van der Waals surface area contributed by atoms with Gasteiger partial charge in [0.05, 0.1) is 6.54 Å². The molecule has 0 radical (unpaired) electrons. The predicted octanol–water partition coefficient (Wildman–Crippen LogP) is 1.49. The fraction of sp³-hybridized carbons (Fsp3) is 0.538. The van der Waals surface area contributed by atoms with Gasteiger partial charge in [0.2, 0.25) is 5.91 Å². The number of furan rings is 1. The van der Waals surface area contributed by atoms with Crippen molar-refractivity contribution in [2.24, 2.45) is 5.73 Å².